The fourth-order valence-electron chi connectivity index (χ4n) is 2.02. The summed E-state index contributed by atoms with van der Waals surface area (Å²) in [6, 6.07) is 9.88. The lowest BCUT2D eigenvalue weighted by Crippen LogP contribution is -2.15. The Morgan fingerprint density at radius 1 is 1.10 bits per heavy atom. The predicted molar refractivity (Wildman–Crippen MR) is 74.8 cm³/mol. The molecule has 0 radical (unpaired) electrons. The molecule has 2 rings (SSSR count). The summed E-state index contributed by atoms with van der Waals surface area (Å²) in [6.07, 6.45) is -4.73. The van der Waals surface area contributed by atoms with Gasteiger partial charge in [-0.15, -0.1) is 0 Å². The number of benzene rings is 2. The number of alkyl halides is 3. The lowest BCUT2D eigenvalue weighted by molar-refractivity contribution is -0.137. The van der Waals surface area contributed by atoms with Gasteiger partial charge in [0, 0.05) is 5.02 Å². The number of primary amides is 1. The molecule has 2 nitrogen and oxygen atoms in total. The van der Waals surface area contributed by atoms with Crippen LogP contribution in [0, 0.1) is 0 Å². The summed E-state index contributed by atoms with van der Waals surface area (Å²) < 4.78 is 38.3. The average Bonchev–Trinajstić information content (AvgIpc) is 2.38. The lowest BCUT2D eigenvalue weighted by atomic mass is 9.95. The molecule has 0 aliphatic heterocycles. The van der Waals surface area contributed by atoms with Crippen LogP contribution in [0.5, 0.6) is 0 Å². The first-order valence-corrected chi connectivity index (χ1v) is 6.39. The Morgan fingerprint density at radius 2 is 1.71 bits per heavy atom. The summed E-state index contributed by atoms with van der Waals surface area (Å²) >= 11 is 5.79. The van der Waals surface area contributed by atoms with Gasteiger partial charge in [-0.1, -0.05) is 29.8 Å². The molecule has 1 amide bonds. The summed E-state index contributed by atoms with van der Waals surface area (Å²) in [5.41, 5.74) is 5.74. The van der Waals surface area contributed by atoms with Crippen molar-refractivity contribution in [2.45, 2.75) is 12.6 Å². The van der Waals surface area contributed by atoms with Crippen molar-refractivity contribution in [1.29, 1.82) is 0 Å². The summed E-state index contributed by atoms with van der Waals surface area (Å²) in [7, 11) is 0. The maximum Gasteiger partial charge on any atom is 0.416 e. The highest BCUT2D eigenvalue weighted by atomic mass is 35.5. The normalized spacial score (nSPS) is 11.4. The van der Waals surface area contributed by atoms with Crippen molar-refractivity contribution in [3.63, 3.8) is 0 Å². The van der Waals surface area contributed by atoms with Crippen LogP contribution >= 0.6 is 11.6 Å². The molecule has 2 aromatic rings. The minimum Gasteiger partial charge on any atom is -0.369 e. The Hall–Kier alpha value is -2.01. The molecule has 21 heavy (non-hydrogen) atoms. The van der Waals surface area contributed by atoms with Gasteiger partial charge in [-0.05, 0) is 41.0 Å². The Kier molecular flexibility index (Phi) is 4.23. The summed E-state index contributed by atoms with van der Waals surface area (Å²) in [4.78, 5) is 11.1. The van der Waals surface area contributed by atoms with Crippen LogP contribution in [0.1, 0.15) is 11.1 Å². The monoisotopic (exact) mass is 313 g/mol. The molecule has 0 unspecified atom stereocenters. The van der Waals surface area contributed by atoms with Crippen LogP contribution in [0.25, 0.3) is 11.1 Å². The number of amides is 1. The van der Waals surface area contributed by atoms with Gasteiger partial charge in [0.1, 0.15) is 0 Å². The molecule has 0 aliphatic carbocycles. The van der Waals surface area contributed by atoms with E-state index in [0.717, 1.165) is 12.1 Å². The zero-order valence-electron chi connectivity index (χ0n) is 10.7. The molecule has 0 aliphatic rings. The molecular formula is C15H11ClF3NO. The highest BCUT2D eigenvalue weighted by Gasteiger charge is 2.31. The van der Waals surface area contributed by atoms with Gasteiger partial charge in [0.25, 0.3) is 0 Å². The smallest absolute Gasteiger partial charge is 0.369 e. The Bertz CT molecular complexity index is 666. The van der Waals surface area contributed by atoms with Gasteiger partial charge in [0.15, 0.2) is 0 Å². The van der Waals surface area contributed by atoms with Crippen LogP contribution in [0.2, 0.25) is 5.02 Å². The lowest BCUT2D eigenvalue weighted by Gasteiger charge is -2.13. The van der Waals surface area contributed by atoms with Crippen LogP contribution in [0.15, 0.2) is 42.5 Å². The minimum atomic E-state index is -4.47. The van der Waals surface area contributed by atoms with Crippen LogP contribution in [0.4, 0.5) is 13.2 Å². The third-order valence-corrected chi connectivity index (χ3v) is 3.20. The molecule has 110 valence electrons. The fraction of sp³-hybridized carbons (Fsp3) is 0.133. The van der Waals surface area contributed by atoms with Gasteiger partial charge in [0.2, 0.25) is 5.91 Å². The maximum absolute atomic E-state index is 12.8. The summed E-state index contributed by atoms with van der Waals surface area (Å²) in [6.45, 7) is 0. The largest absolute Gasteiger partial charge is 0.416 e. The molecular weight excluding hydrogens is 303 g/mol. The van der Waals surface area contributed by atoms with E-state index in [9.17, 15) is 18.0 Å². The van der Waals surface area contributed by atoms with E-state index in [-0.39, 0.29) is 12.0 Å². The number of carbonyl (C=O) groups is 1. The SMILES string of the molecule is NC(=O)Cc1cc(C(F)(F)F)ccc1-c1ccc(Cl)cc1. The first-order valence-electron chi connectivity index (χ1n) is 6.02. The van der Waals surface area contributed by atoms with E-state index in [0.29, 0.717) is 16.1 Å². The number of carbonyl (C=O) groups excluding carboxylic acids is 1. The minimum absolute atomic E-state index is 0.236. The molecule has 2 aromatic carbocycles. The first kappa shape index (κ1) is 15.4. The van der Waals surface area contributed by atoms with Crippen molar-refractivity contribution in [3.8, 4) is 11.1 Å². The second kappa shape index (κ2) is 5.77. The second-order valence-electron chi connectivity index (χ2n) is 4.52. The van der Waals surface area contributed by atoms with Crippen LogP contribution in [-0.4, -0.2) is 5.91 Å². The topological polar surface area (TPSA) is 43.1 Å². The summed E-state index contributed by atoms with van der Waals surface area (Å²) in [5.74, 6) is -0.690. The van der Waals surface area contributed by atoms with Crippen molar-refractivity contribution >= 4 is 17.5 Å². The number of halogens is 4. The van der Waals surface area contributed by atoms with E-state index >= 15 is 0 Å². The van der Waals surface area contributed by atoms with Gasteiger partial charge in [-0.2, -0.15) is 13.2 Å². The molecule has 2 N–H and O–H groups in total. The zero-order valence-corrected chi connectivity index (χ0v) is 11.5. The van der Waals surface area contributed by atoms with Crippen LogP contribution < -0.4 is 5.73 Å². The molecule has 0 bridgehead atoms. The van der Waals surface area contributed by atoms with Crippen LogP contribution in [0.3, 0.4) is 0 Å². The van der Waals surface area contributed by atoms with Gasteiger partial charge in [-0.3, -0.25) is 4.79 Å². The van der Waals surface area contributed by atoms with E-state index in [1.807, 2.05) is 0 Å². The van der Waals surface area contributed by atoms with Gasteiger partial charge < -0.3 is 5.73 Å². The molecule has 0 spiro atoms. The third-order valence-electron chi connectivity index (χ3n) is 2.95. The number of hydrogen-bond acceptors (Lipinski definition) is 1. The maximum atomic E-state index is 12.8. The van der Waals surface area contributed by atoms with Crippen molar-refractivity contribution in [2.75, 3.05) is 0 Å². The highest BCUT2D eigenvalue weighted by molar-refractivity contribution is 6.30. The van der Waals surface area contributed by atoms with E-state index in [1.165, 1.54) is 6.07 Å². The molecule has 0 fully saturated rings. The standard InChI is InChI=1S/C15H11ClF3NO/c16-12-4-1-9(2-5-12)13-6-3-11(15(17,18)19)7-10(13)8-14(20)21/h1-7H,8H2,(H2,20,21). The Labute approximate surface area is 124 Å². The molecule has 0 heterocycles. The second-order valence-corrected chi connectivity index (χ2v) is 4.96. The van der Waals surface area contributed by atoms with Crippen molar-refractivity contribution in [2.24, 2.45) is 5.73 Å². The van der Waals surface area contributed by atoms with Gasteiger partial charge in [0.05, 0.1) is 12.0 Å². The first-order chi connectivity index (χ1) is 9.77. The van der Waals surface area contributed by atoms with Crippen molar-refractivity contribution in [1.82, 2.24) is 0 Å². The number of nitrogens with two attached hydrogens (primary N) is 1. The number of hydrogen-bond donors (Lipinski definition) is 1. The fourth-order valence-corrected chi connectivity index (χ4v) is 2.14. The van der Waals surface area contributed by atoms with E-state index in [4.69, 9.17) is 17.3 Å². The molecule has 0 saturated heterocycles. The predicted octanol–water partition coefficient (Wildman–Crippen LogP) is 4.05. The quantitative estimate of drug-likeness (QED) is 0.912. The summed E-state index contributed by atoms with van der Waals surface area (Å²) in [5, 5.41) is 0.516. The van der Waals surface area contributed by atoms with Crippen molar-refractivity contribution in [3.05, 3.63) is 58.6 Å². The van der Waals surface area contributed by atoms with Gasteiger partial charge >= 0.3 is 6.18 Å². The number of rotatable bonds is 3. The molecule has 0 aromatic heterocycles. The molecule has 6 heteroatoms. The third kappa shape index (κ3) is 3.76. The van der Waals surface area contributed by atoms with Crippen LogP contribution in [-0.2, 0) is 17.4 Å². The molecule has 0 atom stereocenters. The molecule has 0 saturated carbocycles. The van der Waals surface area contributed by atoms with Crippen molar-refractivity contribution < 1.29 is 18.0 Å². The zero-order chi connectivity index (χ0) is 15.6. The van der Waals surface area contributed by atoms with Gasteiger partial charge in [-0.25, -0.2) is 0 Å². The average molecular weight is 314 g/mol. The Morgan fingerprint density at radius 3 is 2.24 bits per heavy atom. The van der Waals surface area contributed by atoms with E-state index in [1.54, 1.807) is 24.3 Å². The van der Waals surface area contributed by atoms with E-state index < -0.39 is 17.6 Å². The Balaban J connectivity index is 2.54. The van der Waals surface area contributed by atoms with E-state index in [2.05, 4.69) is 0 Å². The highest BCUT2D eigenvalue weighted by Crippen LogP contribution is 2.34.